The number of aryl methyl sites for hydroxylation is 1. The van der Waals surface area contributed by atoms with Gasteiger partial charge in [0.05, 0.1) is 22.9 Å². The van der Waals surface area contributed by atoms with Gasteiger partial charge in [0.2, 0.25) is 5.91 Å². The van der Waals surface area contributed by atoms with Crippen LogP contribution in [0, 0.1) is 13.8 Å². The van der Waals surface area contributed by atoms with Gasteiger partial charge in [0.15, 0.2) is 0 Å². The Morgan fingerprint density at radius 3 is 2.87 bits per heavy atom. The summed E-state index contributed by atoms with van der Waals surface area (Å²) in [6.07, 6.45) is 1.26. The molecule has 0 saturated heterocycles. The summed E-state index contributed by atoms with van der Waals surface area (Å²) >= 11 is 0. The molecule has 23 heavy (non-hydrogen) atoms. The monoisotopic (exact) mass is 331 g/mol. The van der Waals surface area contributed by atoms with Crippen LogP contribution in [0.5, 0.6) is 0 Å². The van der Waals surface area contributed by atoms with E-state index in [0.29, 0.717) is 23.7 Å². The second-order valence-corrected chi connectivity index (χ2v) is 7.39. The maximum atomic E-state index is 12.1. The van der Waals surface area contributed by atoms with Crippen molar-refractivity contribution in [2.24, 2.45) is 0 Å². The summed E-state index contributed by atoms with van der Waals surface area (Å²) in [6.45, 7) is 6.08. The van der Waals surface area contributed by atoms with Gasteiger partial charge in [-0.25, -0.2) is 4.68 Å². The minimum Gasteiger partial charge on any atom is -0.310 e. The molecule has 1 aromatic carbocycles. The number of carbonyl (C=O) groups excluding carboxylic acids is 1. The van der Waals surface area contributed by atoms with Crippen molar-refractivity contribution >= 4 is 22.5 Å². The van der Waals surface area contributed by atoms with Gasteiger partial charge in [-0.15, -0.1) is 0 Å². The van der Waals surface area contributed by atoms with Crippen molar-refractivity contribution in [3.05, 3.63) is 40.6 Å². The second-order valence-electron chi connectivity index (χ2n) is 5.93. The van der Waals surface area contributed by atoms with Gasteiger partial charge in [-0.2, -0.15) is 5.10 Å². The fourth-order valence-electron chi connectivity index (χ4n) is 2.82. The Kier molecular flexibility index (Phi) is 4.35. The van der Waals surface area contributed by atoms with Crippen LogP contribution >= 0.6 is 0 Å². The van der Waals surface area contributed by atoms with E-state index in [1.54, 1.807) is 4.68 Å². The van der Waals surface area contributed by atoms with E-state index in [2.05, 4.69) is 23.4 Å². The highest BCUT2D eigenvalue weighted by Gasteiger charge is 2.28. The third kappa shape index (κ3) is 2.95. The van der Waals surface area contributed by atoms with Crippen molar-refractivity contribution < 1.29 is 9.00 Å². The van der Waals surface area contributed by atoms with Gasteiger partial charge in [-0.1, -0.05) is 19.1 Å². The number of carbonyl (C=O) groups is 1. The first-order chi connectivity index (χ1) is 11.0. The molecule has 1 N–H and O–H groups in total. The number of nitrogens with one attached hydrogen (secondary N) is 1. The van der Waals surface area contributed by atoms with E-state index in [1.165, 1.54) is 5.56 Å². The molecule has 0 fully saturated rings. The summed E-state index contributed by atoms with van der Waals surface area (Å²) in [6, 6.07) is 6.04. The van der Waals surface area contributed by atoms with Crippen LogP contribution in [0.4, 0.5) is 5.82 Å². The van der Waals surface area contributed by atoms with Gasteiger partial charge in [-0.05, 0) is 37.5 Å². The van der Waals surface area contributed by atoms with Crippen LogP contribution in [0.1, 0.15) is 42.1 Å². The molecule has 1 amide bonds. The maximum absolute atomic E-state index is 12.1. The zero-order valence-electron chi connectivity index (χ0n) is 13.7. The van der Waals surface area contributed by atoms with E-state index in [-0.39, 0.29) is 5.91 Å². The third-order valence-corrected chi connectivity index (χ3v) is 5.41. The second kappa shape index (κ2) is 6.28. The molecular weight excluding hydrogens is 310 g/mol. The Hall–Kier alpha value is -1.95. The van der Waals surface area contributed by atoms with E-state index in [9.17, 15) is 9.00 Å². The predicted octanol–water partition coefficient (Wildman–Crippen LogP) is 2.99. The van der Waals surface area contributed by atoms with Crippen LogP contribution in [0.3, 0.4) is 0 Å². The molecule has 3 rings (SSSR count). The van der Waals surface area contributed by atoms with Gasteiger partial charge < -0.3 is 5.32 Å². The molecule has 0 bridgehead atoms. The number of hydrogen-bond donors (Lipinski definition) is 1. The molecule has 5 nitrogen and oxygen atoms in total. The molecule has 2 aromatic rings. The summed E-state index contributed by atoms with van der Waals surface area (Å²) in [5, 5.41) is 7.62. The van der Waals surface area contributed by atoms with Gasteiger partial charge in [0.1, 0.15) is 5.82 Å². The van der Waals surface area contributed by atoms with Crippen molar-refractivity contribution in [1.29, 1.82) is 0 Å². The number of rotatable bonds is 4. The number of fused-ring (bicyclic) bond motifs is 1. The van der Waals surface area contributed by atoms with E-state index in [0.717, 1.165) is 28.9 Å². The molecule has 0 spiro atoms. The summed E-state index contributed by atoms with van der Waals surface area (Å²) in [5.41, 5.74) is 5.00. The average molecular weight is 331 g/mol. The highest BCUT2D eigenvalue weighted by Crippen LogP contribution is 2.32. The van der Waals surface area contributed by atoms with Gasteiger partial charge in [0.25, 0.3) is 0 Å². The van der Waals surface area contributed by atoms with Crippen LogP contribution in [-0.4, -0.2) is 19.9 Å². The van der Waals surface area contributed by atoms with Gasteiger partial charge in [-0.3, -0.25) is 9.00 Å². The van der Waals surface area contributed by atoms with Crippen molar-refractivity contribution in [2.75, 3.05) is 5.32 Å². The number of nitrogens with zero attached hydrogens (tertiary/aromatic N) is 2. The topological polar surface area (TPSA) is 64.0 Å². The molecule has 1 atom stereocenters. The summed E-state index contributed by atoms with van der Waals surface area (Å²) in [4.78, 5) is 12.1. The van der Waals surface area contributed by atoms with Crippen molar-refractivity contribution in [1.82, 2.24) is 9.78 Å². The number of hydrogen-bond acceptors (Lipinski definition) is 3. The van der Waals surface area contributed by atoms with Crippen LogP contribution in [0.15, 0.2) is 18.2 Å². The number of benzene rings is 1. The minimum atomic E-state index is -0.919. The van der Waals surface area contributed by atoms with Crippen molar-refractivity contribution in [3.63, 3.8) is 0 Å². The summed E-state index contributed by atoms with van der Waals surface area (Å²) in [7, 11) is -0.919. The molecule has 1 aliphatic rings. The Morgan fingerprint density at radius 2 is 2.13 bits per heavy atom. The Bertz CT molecular complexity index is 795. The van der Waals surface area contributed by atoms with Crippen LogP contribution in [-0.2, 0) is 27.1 Å². The molecular formula is C17H21N3O2S. The highest BCUT2D eigenvalue weighted by molar-refractivity contribution is 7.83. The fourth-order valence-corrected chi connectivity index (χ4v) is 4.08. The number of aromatic nitrogens is 2. The van der Waals surface area contributed by atoms with Crippen molar-refractivity contribution in [3.8, 4) is 5.69 Å². The zero-order valence-corrected chi connectivity index (χ0v) is 14.5. The van der Waals surface area contributed by atoms with Crippen LogP contribution in [0.25, 0.3) is 5.69 Å². The lowest BCUT2D eigenvalue weighted by Crippen LogP contribution is -2.16. The highest BCUT2D eigenvalue weighted by atomic mass is 32.2. The van der Waals surface area contributed by atoms with E-state index in [4.69, 9.17) is 0 Å². The van der Waals surface area contributed by atoms with E-state index < -0.39 is 10.8 Å². The normalized spacial score (nSPS) is 16.4. The SMILES string of the molecule is CCCC(=O)Nc1c2c(nn1-c1cccc(C)c1C)CS(=O)C2. The van der Waals surface area contributed by atoms with Crippen molar-refractivity contribution in [2.45, 2.75) is 45.1 Å². The standard InChI is InChI=1S/C17H21N3O2S/c1-4-6-16(21)18-17-13-9-23(22)10-14(13)19-20(17)15-8-5-7-11(2)12(15)3/h5,7-8H,4,6,9-10H2,1-3H3,(H,18,21). The molecule has 0 saturated carbocycles. The molecule has 1 aromatic heterocycles. The van der Waals surface area contributed by atoms with Crippen LogP contribution < -0.4 is 5.32 Å². The first kappa shape index (κ1) is 15.9. The molecule has 6 heteroatoms. The summed E-state index contributed by atoms with van der Waals surface area (Å²) < 4.78 is 13.6. The lowest BCUT2D eigenvalue weighted by molar-refractivity contribution is -0.116. The van der Waals surface area contributed by atoms with Gasteiger partial charge in [0, 0.05) is 22.8 Å². The fraction of sp³-hybridized carbons (Fsp3) is 0.412. The molecule has 2 heterocycles. The first-order valence-corrected chi connectivity index (χ1v) is 9.32. The maximum Gasteiger partial charge on any atom is 0.225 e. The lowest BCUT2D eigenvalue weighted by Gasteiger charge is -2.14. The van der Waals surface area contributed by atoms with Gasteiger partial charge >= 0.3 is 0 Å². The molecule has 0 radical (unpaired) electrons. The lowest BCUT2D eigenvalue weighted by atomic mass is 10.1. The largest absolute Gasteiger partial charge is 0.310 e. The molecule has 1 unspecified atom stereocenters. The van der Waals surface area contributed by atoms with Crippen LogP contribution in [0.2, 0.25) is 0 Å². The van der Waals surface area contributed by atoms with E-state index in [1.807, 2.05) is 26.0 Å². The zero-order chi connectivity index (χ0) is 16.6. The molecule has 1 aliphatic heterocycles. The van der Waals surface area contributed by atoms with E-state index >= 15 is 0 Å². The average Bonchev–Trinajstić information content (AvgIpc) is 3.00. The summed E-state index contributed by atoms with van der Waals surface area (Å²) in [5.74, 6) is 1.57. The number of amides is 1. The molecule has 122 valence electrons. The third-order valence-electron chi connectivity index (χ3n) is 4.21. The predicted molar refractivity (Wildman–Crippen MR) is 92.1 cm³/mol. The first-order valence-electron chi connectivity index (χ1n) is 7.83. The Labute approximate surface area is 138 Å². The smallest absolute Gasteiger partial charge is 0.225 e. The Morgan fingerprint density at radius 1 is 1.35 bits per heavy atom. The Balaban J connectivity index is 2.10. The minimum absolute atomic E-state index is 0.0283. The number of anilines is 1. The quantitative estimate of drug-likeness (QED) is 0.937. The molecule has 0 aliphatic carbocycles.